The van der Waals surface area contributed by atoms with Gasteiger partial charge in [-0.05, 0) is 18.9 Å². The number of nitrogens with zero attached hydrogens (tertiary/aromatic N) is 1. The Bertz CT molecular complexity index is 424. The number of carboxylic acids is 1. The van der Waals surface area contributed by atoms with Gasteiger partial charge >= 0.3 is 5.97 Å². The van der Waals surface area contributed by atoms with E-state index in [9.17, 15) is 9.59 Å². The Morgan fingerprint density at radius 3 is 2.61 bits per heavy atom. The summed E-state index contributed by atoms with van der Waals surface area (Å²) in [5.74, 6) is -1.23. The molecule has 0 fully saturated rings. The zero-order chi connectivity index (χ0) is 13.7. The fourth-order valence-electron chi connectivity index (χ4n) is 1.65. The van der Waals surface area contributed by atoms with Crippen LogP contribution in [0.2, 0.25) is 0 Å². The van der Waals surface area contributed by atoms with Gasteiger partial charge in [0.1, 0.15) is 5.56 Å². The summed E-state index contributed by atoms with van der Waals surface area (Å²) in [4.78, 5) is 24.7. The largest absolute Gasteiger partial charge is 0.478 e. The predicted molar refractivity (Wildman–Crippen MR) is 66.7 cm³/mol. The van der Waals surface area contributed by atoms with E-state index in [0.717, 1.165) is 6.42 Å². The molecule has 0 aliphatic heterocycles. The monoisotopic (exact) mass is 253 g/mol. The molecule has 1 heterocycles. The van der Waals surface area contributed by atoms with E-state index in [1.807, 2.05) is 6.92 Å². The summed E-state index contributed by atoms with van der Waals surface area (Å²) in [6, 6.07) is 1.30. The maximum Gasteiger partial charge on any atom is 0.339 e. The van der Waals surface area contributed by atoms with Crippen LogP contribution >= 0.6 is 0 Å². The molecule has 1 N–H and O–H groups in total. The summed E-state index contributed by atoms with van der Waals surface area (Å²) in [6.07, 6.45) is 2.20. The number of carbonyl (C=O) groups excluding carboxylic acids is 1. The Kier molecular flexibility index (Phi) is 4.95. The lowest BCUT2D eigenvalue weighted by Crippen LogP contribution is -2.35. The van der Waals surface area contributed by atoms with Gasteiger partial charge in [-0.1, -0.05) is 20.3 Å². The van der Waals surface area contributed by atoms with E-state index >= 15 is 0 Å². The van der Waals surface area contributed by atoms with E-state index in [1.165, 1.54) is 12.3 Å². The summed E-state index contributed by atoms with van der Waals surface area (Å²) in [5, 5.41) is 8.96. The second-order valence-corrected chi connectivity index (χ2v) is 4.33. The number of aromatic carboxylic acids is 1. The number of carboxylic acid groups (broad SMARTS) is 1. The predicted octanol–water partition coefficient (Wildman–Crippen LogP) is 2.49. The topological polar surface area (TPSA) is 70.8 Å². The van der Waals surface area contributed by atoms with Gasteiger partial charge < -0.3 is 14.4 Å². The molecule has 0 aliphatic rings. The highest BCUT2D eigenvalue weighted by Gasteiger charge is 2.25. The molecular weight excluding hydrogens is 234 g/mol. The Morgan fingerprint density at radius 2 is 2.11 bits per heavy atom. The third kappa shape index (κ3) is 3.12. The lowest BCUT2D eigenvalue weighted by atomic mass is 10.1. The number of hydrogen-bond donors (Lipinski definition) is 1. The zero-order valence-corrected chi connectivity index (χ0v) is 11.0. The van der Waals surface area contributed by atoms with Crippen LogP contribution in [0.4, 0.5) is 0 Å². The van der Waals surface area contributed by atoms with Crippen LogP contribution in [-0.4, -0.2) is 35.0 Å². The molecule has 1 rings (SSSR count). The normalized spacial score (nSPS) is 12.2. The molecule has 0 bridgehead atoms. The van der Waals surface area contributed by atoms with E-state index in [2.05, 4.69) is 13.8 Å². The van der Waals surface area contributed by atoms with Crippen molar-refractivity contribution >= 4 is 11.9 Å². The average molecular weight is 253 g/mol. The molecule has 1 aromatic heterocycles. The van der Waals surface area contributed by atoms with Crippen LogP contribution in [0.1, 0.15) is 48.1 Å². The number of rotatable bonds is 6. The van der Waals surface area contributed by atoms with E-state index in [0.29, 0.717) is 19.0 Å². The van der Waals surface area contributed by atoms with Crippen LogP contribution < -0.4 is 0 Å². The standard InChI is InChI=1S/C13H19NO4/c1-4-9(3)8-14(5-2)12(15)11-10(13(16)17)6-7-18-11/h6-7,9H,4-5,8H2,1-3H3,(H,16,17). The Labute approximate surface area is 106 Å². The second kappa shape index (κ2) is 6.23. The Hall–Kier alpha value is -1.78. The smallest absolute Gasteiger partial charge is 0.339 e. The number of carbonyl (C=O) groups is 2. The molecule has 0 radical (unpaired) electrons. The molecule has 100 valence electrons. The summed E-state index contributed by atoms with van der Waals surface area (Å²) in [6.45, 7) is 7.10. The van der Waals surface area contributed by atoms with Gasteiger partial charge in [-0.3, -0.25) is 4.79 Å². The first-order chi connectivity index (χ1) is 8.51. The maximum atomic E-state index is 12.2. The van der Waals surface area contributed by atoms with Gasteiger partial charge in [-0.15, -0.1) is 0 Å². The van der Waals surface area contributed by atoms with Crippen LogP contribution in [0.25, 0.3) is 0 Å². The minimum Gasteiger partial charge on any atom is -0.478 e. The van der Waals surface area contributed by atoms with Crippen LogP contribution in [0, 0.1) is 5.92 Å². The van der Waals surface area contributed by atoms with E-state index in [1.54, 1.807) is 4.90 Å². The van der Waals surface area contributed by atoms with Crippen molar-refractivity contribution in [2.24, 2.45) is 5.92 Å². The SMILES string of the molecule is CCC(C)CN(CC)C(=O)c1occc1C(=O)O. The molecule has 0 saturated heterocycles. The van der Waals surface area contributed by atoms with Crippen molar-refractivity contribution in [3.63, 3.8) is 0 Å². The molecule has 0 saturated carbocycles. The van der Waals surface area contributed by atoms with E-state index in [-0.39, 0.29) is 17.2 Å². The van der Waals surface area contributed by atoms with Gasteiger partial charge in [0.2, 0.25) is 5.76 Å². The van der Waals surface area contributed by atoms with Crippen LogP contribution in [0.5, 0.6) is 0 Å². The van der Waals surface area contributed by atoms with Crippen molar-refractivity contribution in [2.45, 2.75) is 27.2 Å². The third-order valence-electron chi connectivity index (χ3n) is 2.99. The highest BCUT2D eigenvalue weighted by molar-refractivity contribution is 6.02. The van der Waals surface area contributed by atoms with Crippen molar-refractivity contribution in [1.29, 1.82) is 0 Å². The Balaban J connectivity index is 2.90. The molecule has 0 spiro atoms. The van der Waals surface area contributed by atoms with Crippen LogP contribution in [0.15, 0.2) is 16.7 Å². The van der Waals surface area contributed by atoms with Crippen molar-refractivity contribution in [2.75, 3.05) is 13.1 Å². The minimum atomic E-state index is -1.15. The summed E-state index contributed by atoms with van der Waals surface area (Å²) in [7, 11) is 0. The minimum absolute atomic E-state index is 0.0809. The summed E-state index contributed by atoms with van der Waals surface area (Å²) >= 11 is 0. The number of hydrogen-bond acceptors (Lipinski definition) is 3. The molecule has 1 unspecified atom stereocenters. The van der Waals surface area contributed by atoms with Gasteiger partial charge in [0.05, 0.1) is 6.26 Å². The molecule has 18 heavy (non-hydrogen) atoms. The fourth-order valence-corrected chi connectivity index (χ4v) is 1.65. The molecule has 1 aromatic rings. The molecule has 1 amide bonds. The fraction of sp³-hybridized carbons (Fsp3) is 0.538. The van der Waals surface area contributed by atoms with Gasteiger partial charge in [-0.25, -0.2) is 4.79 Å². The first-order valence-electron chi connectivity index (χ1n) is 6.11. The van der Waals surface area contributed by atoms with Gasteiger partial charge in [0, 0.05) is 13.1 Å². The average Bonchev–Trinajstić information content (AvgIpc) is 2.83. The summed E-state index contributed by atoms with van der Waals surface area (Å²) < 4.78 is 5.01. The molecular formula is C13H19NO4. The molecule has 0 aromatic carbocycles. The maximum absolute atomic E-state index is 12.2. The first-order valence-corrected chi connectivity index (χ1v) is 6.11. The quantitative estimate of drug-likeness (QED) is 0.845. The second-order valence-electron chi connectivity index (χ2n) is 4.33. The number of furan rings is 1. The highest BCUT2D eigenvalue weighted by Crippen LogP contribution is 2.15. The zero-order valence-electron chi connectivity index (χ0n) is 11.0. The third-order valence-corrected chi connectivity index (χ3v) is 2.99. The summed E-state index contributed by atoms with van der Waals surface area (Å²) in [5.41, 5.74) is -0.0809. The lowest BCUT2D eigenvalue weighted by molar-refractivity contribution is 0.0655. The van der Waals surface area contributed by atoms with Crippen molar-refractivity contribution in [1.82, 2.24) is 4.90 Å². The van der Waals surface area contributed by atoms with Gasteiger partial charge in [0.25, 0.3) is 5.91 Å². The number of amides is 1. The Morgan fingerprint density at radius 1 is 1.44 bits per heavy atom. The van der Waals surface area contributed by atoms with Gasteiger partial charge in [-0.2, -0.15) is 0 Å². The first kappa shape index (κ1) is 14.3. The van der Waals surface area contributed by atoms with Crippen molar-refractivity contribution < 1.29 is 19.1 Å². The van der Waals surface area contributed by atoms with Crippen LogP contribution in [-0.2, 0) is 0 Å². The molecule has 5 heteroatoms. The van der Waals surface area contributed by atoms with Gasteiger partial charge in [0.15, 0.2) is 0 Å². The molecule has 5 nitrogen and oxygen atoms in total. The molecule has 1 atom stereocenters. The highest BCUT2D eigenvalue weighted by atomic mass is 16.4. The van der Waals surface area contributed by atoms with Crippen molar-refractivity contribution in [3.8, 4) is 0 Å². The lowest BCUT2D eigenvalue weighted by Gasteiger charge is -2.23. The van der Waals surface area contributed by atoms with Crippen molar-refractivity contribution in [3.05, 3.63) is 23.7 Å². The van der Waals surface area contributed by atoms with Crippen LogP contribution in [0.3, 0.4) is 0 Å². The van der Waals surface area contributed by atoms with E-state index in [4.69, 9.17) is 9.52 Å². The molecule has 0 aliphatic carbocycles. The van der Waals surface area contributed by atoms with E-state index < -0.39 is 5.97 Å².